The van der Waals surface area contributed by atoms with Crippen molar-refractivity contribution in [1.82, 2.24) is 15.3 Å². The van der Waals surface area contributed by atoms with E-state index in [1.807, 2.05) is 25.1 Å². The van der Waals surface area contributed by atoms with Gasteiger partial charge in [-0.3, -0.25) is 4.79 Å². The lowest BCUT2D eigenvalue weighted by atomic mass is 9.94. The molecule has 1 heterocycles. The minimum absolute atomic E-state index is 0.192. The quantitative estimate of drug-likeness (QED) is 0.495. The summed E-state index contributed by atoms with van der Waals surface area (Å²) in [5.74, 6) is 1.47. The summed E-state index contributed by atoms with van der Waals surface area (Å²) in [5, 5.41) is 6.38. The monoisotopic (exact) mass is 451 g/mol. The smallest absolute Gasteiger partial charge is 0.274 e. The molecule has 0 atom stereocenters. The molecule has 0 bridgehead atoms. The summed E-state index contributed by atoms with van der Waals surface area (Å²) in [6.07, 6.45) is 10.5. The number of nitrogens with zero attached hydrogens (tertiary/aromatic N) is 3. The molecule has 1 aromatic heterocycles. The molecule has 2 saturated carbocycles. The number of anilines is 2. The Morgan fingerprint density at radius 1 is 1.12 bits per heavy atom. The second-order valence-corrected chi connectivity index (χ2v) is 9.42. The van der Waals surface area contributed by atoms with E-state index in [1.165, 1.54) is 56.8 Å². The standard InChI is InChI=1S/C26H37N5O2/c1-19-14-21(16-27-12-13-33-2)10-11-23(19)30-26(32)24-15-25(29-18-28-24)31(17-20-8-9-20)22-6-4-3-5-7-22/h10-11,14-15,18,20,22,27H,3-9,12-13,16-17H2,1-2H3,(H,30,32). The fourth-order valence-electron chi connectivity index (χ4n) is 4.60. The summed E-state index contributed by atoms with van der Waals surface area (Å²) in [4.78, 5) is 24.4. The van der Waals surface area contributed by atoms with Crippen LogP contribution in [0.2, 0.25) is 0 Å². The Morgan fingerprint density at radius 3 is 2.67 bits per heavy atom. The van der Waals surface area contributed by atoms with Crippen molar-refractivity contribution in [2.45, 2.75) is 64.5 Å². The Kier molecular flexibility index (Phi) is 8.29. The van der Waals surface area contributed by atoms with Crippen molar-refractivity contribution in [3.05, 3.63) is 47.4 Å². The van der Waals surface area contributed by atoms with Gasteiger partial charge in [-0.2, -0.15) is 0 Å². The number of methoxy groups -OCH3 is 1. The summed E-state index contributed by atoms with van der Waals surface area (Å²) < 4.78 is 5.06. The molecule has 2 aliphatic rings. The maximum atomic E-state index is 13.0. The first-order chi connectivity index (χ1) is 16.1. The van der Waals surface area contributed by atoms with Crippen molar-refractivity contribution < 1.29 is 9.53 Å². The van der Waals surface area contributed by atoms with Crippen molar-refractivity contribution >= 4 is 17.4 Å². The number of nitrogens with one attached hydrogen (secondary N) is 2. The SMILES string of the molecule is COCCNCc1ccc(NC(=O)c2cc(N(CC3CC3)C3CCCCC3)ncn2)c(C)c1. The topological polar surface area (TPSA) is 79.4 Å². The van der Waals surface area contributed by atoms with Crippen molar-refractivity contribution in [3.8, 4) is 0 Å². The van der Waals surface area contributed by atoms with Gasteiger partial charge in [-0.05, 0) is 55.7 Å². The number of aromatic nitrogens is 2. The summed E-state index contributed by atoms with van der Waals surface area (Å²) in [5.41, 5.74) is 3.43. The number of hydrogen-bond acceptors (Lipinski definition) is 6. The Bertz CT molecular complexity index is 925. The third-order valence-corrected chi connectivity index (χ3v) is 6.70. The molecule has 2 fully saturated rings. The van der Waals surface area contributed by atoms with E-state index in [0.717, 1.165) is 42.6 Å². The van der Waals surface area contributed by atoms with Crippen LogP contribution in [0.1, 0.15) is 66.6 Å². The zero-order valence-electron chi connectivity index (χ0n) is 20.0. The Hall–Kier alpha value is -2.51. The second-order valence-electron chi connectivity index (χ2n) is 9.42. The van der Waals surface area contributed by atoms with Gasteiger partial charge in [0, 0.05) is 44.5 Å². The zero-order valence-corrected chi connectivity index (χ0v) is 20.0. The van der Waals surface area contributed by atoms with Crippen molar-refractivity contribution in [1.29, 1.82) is 0 Å². The number of carbonyl (C=O) groups is 1. The van der Waals surface area contributed by atoms with E-state index in [-0.39, 0.29) is 5.91 Å². The molecule has 1 amide bonds. The molecule has 1 aromatic carbocycles. The van der Waals surface area contributed by atoms with Crippen LogP contribution in [0.5, 0.6) is 0 Å². The van der Waals surface area contributed by atoms with Crippen LogP contribution in [-0.2, 0) is 11.3 Å². The van der Waals surface area contributed by atoms with E-state index in [4.69, 9.17) is 4.74 Å². The zero-order chi connectivity index (χ0) is 23.0. The lowest BCUT2D eigenvalue weighted by molar-refractivity contribution is 0.102. The van der Waals surface area contributed by atoms with E-state index in [0.29, 0.717) is 18.3 Å². The molecule has 0 saturated heterocycles. The normalized spacial score (nSPS) is 16.5. The minimum atomic E-state index is -0.192. The third kappa shape index (κ3) is 6.74. The van der Waals surface area contributed by atoms with Crippen LogP contribution in [-0.4, -0.2) is 48.7 Å². The van der Waals surface area contributed by atoms with Crippen LogP contribution in [0.25, 0.3) is 0 Å². The van der Waals surface area contributed by atoms with Gasteiger partial charge in [-0.1, -0.05) is 31.4 Å². The van der Waals surface area contributed by atoms with Gasteiger partial charge in [0.05, 0.1) is 6.61 Å². The molecule has 2 N–H and O–H groups in total. The fraction of sp³-hybridized carbons (Fsp3) is 0.577. The predicted octanol–water partition coefficient (Wildman–Crippen LogP) is 4.32. The van der Waals surface area contributed by atoms with Gasteiger partial charge < -0.3 is 20.3 Å². The Labute approximate surface area is 197 Å². The minimum Gasteiger partial charge on any atom is -0.383 e. The molecule has 0 unspecified atom stereocenters. The van der Waals surface area contributed by atoms with E-state index in [9.17, 15) is 4.79 Å². The van der Waals surface area contributed by atoms with Gasteiger partial charge in [0.1, 0.15) is 17.8 Å². The van der Waals surface area contributed by atoms with Crippen LogP contribution in [0.3, 0.4) is 0 Å². The first-order valence-electron chi connectivity index (χ1n) is 12.3. The van der Waals surface area contributed by atoms with Gasteiger partial charge in [-0.25, -0.2) is 9.97 Å². The highest BCUT2D eigenvalue weighted by Crippen LogP contribution is 2.34. The lowest BCUT2D eigenvalue weighted by Gasteiger charge is -2.35. The summed E-state index contributed by atoms with van der Waals surface area (Å²) >= 11 is 0. The average molecular weight is 452 g/mol. The number of benzene rings is 1. The molecule has 33 heavy (non-hydrogen) atoms. The third-order valence-electron chi connectivity index (χ3n) is 6.70. The van der Waals surface area contributed by atoms with E-state index < -0.39 is 0 Å². The lowest BCUT2D eigenvalue weighted by Crippen LogP contribution is -2.39. The maximum absolute atomic E-state index is 13.0. The van der Waals surface area contributed by atoms with E-state index in [2.05, 4.69) is 31.6 Å². The van der Waals surface area contributed by atoms with Crippen molar-refractivity contribution in [3.63, 3.8) is 0 Å². The summed E-state index contributed by atoms with van der Waals surface area (Å²) in [6.45, 7) is 5.32. The van der Waals surface area contributed by atoms with Crippen LogP contribution >= 0.6 is 0 Å². The number of amides is 1. The van der Waals surface area contributed by atoms with Gasteiger partial charge in [0.25, 0.3) is 5.91 Å². The van der Waals surface area contributed by atoms with Gasteiger partial charge in [0.15, 0.2) is 0 Å². The second kappa shape index (κ2) is 11.6. The van der Waals surface area contributed by atoms with Gasteiger partial charge in [-0.15, -0.1) is 0 Å². The molecular formula is C26H37N5O2. The van der Waals surface area contributed by atoms with Gasteiger partial charge in [0.2, 0.25) is 0 Å². The highest BCUT2D eigenvalue weighted by atomic mass is 16.5. The van der Waals surface area contributed by atoms with Crippen LogP contribution in [0, 0.1) is 12.8 Å². The van der Waals surface area contributed by atoms with Crippen LogP contribution < -0.4 is 15.5 Å². The highest BCUT2D eigenvalue weighted by molar-refractivity contribution is 6.03. The molecular weight excluding hydrogens is 414 g/mol. The molecule has 2 aromatic rings. The van der Waals surface area contributed by atoms with Crippen LogP contribution in [0.4, 0.5) is 11.5 Å². The molecule has 2 aliphatic carbocycles. The fourth-order valence-corrected chi connectivity index (χ4v) is 4.60. The molecule has 0 spiro atoms. The first kappa shape index (κ1) is 23.6. The summed E-state index contributed by atoms with van der Waals surface area (Å²) in [7, 11) is 1.70. The molecule has 4 rings (SSSR count). The Morgan fingerprint density at radius 2 is 1.94 bits per heavy atom. The number of hydrogen-bond donors (Lipinski definition) is 2. The molecule has 178 valence electrons. The number of rotatable bonds is 11. The van der Waals surface area contributed by atoms with Gasteiger partial charge >= 0.3 is 0 Å². The first-order valence-corrected chi connectivity index (χ1v) is 12.3. The maximum Gasteiger partial charge on any atom is 0.274 e. The van der Waals surface area contributed by atoms with Crippen molar-refractivity contribution in [2.75, 3.05) is 37.0 Å². The van der Waals surface area contributed by atoms with E-state index in [1.54, 1.807) is 7.11 Å². The molecule has 7 heteroatoms. The average Bonchev–Trinajstić information content (AvgIpc) is 3.67. The number of carbonyl (C=O) groups excluding carboxylic acids is 1. The molecule has 0 aliphatic heterocycles. The number of ether oxygens (including phenoxy) is 1. The molecule has 7 nitrogen and oxygen atoms in total. The number of aryl methyl sites for hydroxylation is 1. The van der Waals surface area contributed by atoms with Crippen molar-refractivity contribution in [2.24, 2.45) is 5.92 Å². The highest BCUT2D eigenvalue weighted by Gasteiger charge is 2.30. The summed E-state index contributed by atoms with van der Waals surface area (Å²) in [6, 6.07) is 8.49. The predicted molar refractivity (Wildman–Crippen MR) is 132 cm³/mol. The van der Waals surface area contributed by atoms with Crippen LogP contribution in [0.15, 0.2) is 30.6 Å². The Balaban J connectivity index is 1.42. The largest absolute Gasteiger partial charge is 0.383 e. The molecule has 0 radical (unpaired) electrons. The van der Waals surface area contributed by atoms with E-state index >= 15 is 0 Å².